The maximum atomic E-state index is 12.4. The molecule has 7 heteroatoms. The number of amides is 1. The Bertz CT molecular complexity index is 796. The van der Waals surface area contributed by atoms with Crippen molar-refractivity contribution in [2.45, 2.75) is 20.8 Å². The summed E-state index contributed by atoms with van der Waals surface area (Å²) in [7, 11) is 1.49. The second-order valence-corrected chi connectivity index (χ2v) is 7.44. The van der Waals surface area contributed by atoms with E-state index >= 15 is 0 Å². The van der Waals surface area contributed by atoms with Gasteiger partial charge in [-0.05, 0) is 23.8 Å². The van der Waals surface area contributed by atoms with Crippen molar-refractivity contribution in [1.29, 1.82) is 5.26 Å². The number of hydrogen-bond donors (Lipinski definition) is 0. The van der Waals surface area contributed by atoms with Crippen LogP contribution >= 0.6 is 0 Å². The number of hydrogen-bond acceptors (Lipinski definition) is 6. The molecule has 0 aromatic heterocycles. The van der Waals surface area contributed by atoms with Crippen LogP contribution in [0.3, 0.4) is 0 Å². The first-order chi connectivity index (χ1) is 13.3. The molecular formula is C21H26N2O5. The maximum Gasteiger partial charge on any atom is 0.260 e. The summed E-state index contributed by atoms with van der Waals surface area (Å²) >= 11 is 0. The number of rotatable bonds is 6. The molecule has 1 heterocycles. The number of ketones is 1. The van der Waals surface area contributed by atoms with E-state index in [1.54, 1.807) is 43.9 Å². The van der Waals surface area contributed by atoms with E-state index in [-0.39, 0.29) is 23.9 Å². The lowest BCUT2D eigenvalue weighted by Crippen LogP contribution is -2.43. The Morgan fingerprint density at radius 2 is 1.93 bits per heavy atom. The molecule has 2 rings (SSSR count). The lowest BCUT2D eigenvalue weighted by Gasteiger charge is -2.26. The van der Waals surface area contributed by atoms with E-state index in [0.29, 0.717) is 43.4 Å². The summed E-state index contributed by atoms with van der Waals surface area (Å²) in [6, 6.07) is 7.01. The Kier molecular flexibility index (Phi) is 7.18. The number of morpholine rings is 1. The topological polar surface area (TPSA) is 88.9 Å². The molecule has 0 aliphatic carbocycles. The highest BCUT2D eigenvalue weighted by Gasteiger charge is 2.25. The molecule has 28 heavy (non-hydrogen) atoms. The quantitative estimate of drug-likeness (QED) is 0.551. The third-order valence-corrected chi connectivity index (χ3v) is 4.26. The van der Waals surface area contributed by atoms with Gasteiger partial charge in [-0.3, -0.25) is 9.59 Å². The van der Waals surface area contributed by atoms with Gasteiger partial charge in [0.15, 0.2) is 23.9 Å². The molecule has 1 aliphatic rings. The second kappa shape index (κ2) is 9.38. The smallest absolute Gasteiger partial charge is 0.260 e. The van der Waals surface area contributed by atoms with Crippen LogP contribution in [0.2, 0.25) is 0 Å². The van der Waals surface area contributed by atoms with E-state index < -0.39 is 5.41 Å². The predicted molar refractivity (Wildman–Crippen MR) is 104 cm³/mol. The average Bonchev–Trinajstić information content (AvgIpc) is 2.69. The summed E-state index contributed by atoms with van der Waals surface area (Å²) in [5, 5.41) is 9.33. The number of Topliss-reactive ketones (excluding diaryl/α,β-unsaturated/α-hetero) is 1. The Labute approximate surface area is 165 Å². The number of benzene rings is 1. The standard InChI is InChI=1S/C21H26N2O5/c1-21(2,3)20(25)16(13-22)11-15-5-6-17(18(12-15)26-4)28-14-19(24)23-7-9-27-10-8-23/h5-6,11-12H,7-10,14H2,1-4H3/b16-11+. The van der Waals surface area contributed by atoms with Gasteiger partial charge in [0, 0.05) is 18.5 Å². The summed E-state index contributed by atoms with van der Waals surface area (Å²) in [4.78, 5) is 26.3. The summed E-state index contributed by atoms with van der Waals surface area (Å²) in [6.07, 6.45) is 1.53. The third kappa shape index (κ3) is 5.57. The second-order valence-electron chi connectivity index (χ2n) is 7.44. The van der Waals surface area contributed by atoms with Crippen LogP contribution in [0, 0.1) is 16.7 Å². The van der Waals surface area contributed by atoms with Gasteiger partial charge in [0.2, 0.25) is 0 Å². The van der Waals surface area contributed by atoms with Crippen LogP contribution in [0.15, 0.2) is 23.8 Å². The minimum absolute atomic E-state index is 0.0747. The normalized spacial score (nSPS) is 15.0. The number of nitriles is 1. The van der Waals surface area contributed by atoms with Gasteiger partial charge < -0.3 is 19.1 Å². The fourth-order valence-electron chi connectivity index (χ4n) is 2.66. The van der Waals surface area contributed by atoms with Crippen LogP contribution in [0.25, 0.3) is 6.08 Å². The molecule has 0 radical (unpaired) electrons. The van der Waals surface area contributed by atoms with Gasteiger partial charge in [-0.25, -0.2) is 0 Å². The Morgan fingerprint density at radius 3 is 2.50 bits per heavy atom. The molecule has 0 saturated carbocycles. The van der Waals surface area contributed by atoms with Crippen molar-refractivity contribution in [3.8, 4) is 17.6 Å². The molecule has 1 aliphatic heterocycles. The minimum atomic E-state index is -0.644. The van der Waals surface area contributed by atoms with Crippen molar-refractivity contribution in [3.63, 3.8) is 0 Å². The molecule has 0 atom stereocenters. The van der Waals surface area contributed by atoms with Gasteiger partial charge in [-0.1, -0.05) is 26.8 Å². The minimum Gasteiger partial charge on any atom is -0.493 e. The van der Waals surface area contributed by atoms with E-state index in [0.717, 1.165) is 0 Å². The molecule has 0 spiro atoms. The monoisotopic (exact) mass is 386 g/mol. The maximum absolute atomic E-state index is 12.4. The Morgan fingerprint density at radius 1 is 1.25 bits per heavy atom. The van der Waals surface area contributed by atoms with Crippen LogP contribution in [-0.4, -0.2) is 56.6 Å². The van der Waals surface area contributed by atoms with Gasteiger partial charge in [-0.2, -0.15) is 5.26 Å². The number of allylic oxidation sites excluding steroid dienone is 1. The highest BCUT2D eigenvalue weighted by Crippen LogP contribution is 2.30. The van der Waals surface area contributed by atoms with Crippen molar-refractivity contribution in [1.82, 2.24) is 4.90 Å². The molecule has 1 aromatic rings. The van der Waals surface area contributed by atoms with Gasteiger partial charge in [0.05, 0.1) is 25.9 Å². The molecular weight excluding hydrogens is 360 g/mol. The van der Waals surface area contributed by atoms with Crippen LogP contribution in [0.1, 0.15) is 26.3 Å². The first kappa shape index (κ1) is 21.5. The highest BCUT2D eigenvalue weighted by molar-refractivity contribution is 6.06. The van der Waals surface area contributed by atoms with E-state index in [2.05, 4.69) is 0 Å². The molecule has 150 valence electrons. The molecule has 0 N–H and O–H groups in total. The van der Waals surface area contributed by atoms with Crippen molar-refractivity contribution >= 4 is 17.8 Å². The largest absolute Gasteiger partial charge is 0.493 e. The van der Waals surface area contributed by atoms with E-state index in [4.69, 9.17) is 14.2 Å². The zero-order chi connectivity index (χ0) is 20.7. The van der Waals surface area contributed by atoms with Crippen molar-refractivity contribution < 1.29 is 23.8 Å². The Hall–Kier alpha value is -2.85. The number of methoxy groups -OCH3 is 1. The fraction of sp³-hybridized carbons (Fsp3) is 0.476. The molecule has 1 amide bonds. The Balaban J connectivity index is 2.13. The SMILES string of the molecule is COc1cc(/C=C(\C#N)C(=O)C(C)(C)C)ccc1OCC(=O)N1CCOCC1. The first-order valence-electron chi connectivity index (χ1n) is 9.09. The lowest BCUT2D eigenvalue weighted by molar-refractivity contribution is -0.137. The predicted octanol–water partition coefficient (Wildman–Crippen LogP) is 2.45. The molecule has 0 bridgehead atoms. The number of nitrogens with zero attached hydrogens (tertiary/aromatic N) is 2. The van der Waals surface area contributed by atoms with Gasteiger partial charge in [0.1, 0.15) is 6.07 Å². The molecule has 7 nitrogen and oxygen atoms in total. The van der Waals surface area contributed by atoms with Gasteiger partial charge in [0.25, 0.3) is 5.91 Å². The zero-order valence-corrected chi connectivity index (χ0v) is 16.8. The summed E-state index contributed by atoms with van der Waals surface area (Å²) in [6.45, 7) is 7.38. The van der Waals surface area contributed by atoms with E-state index in [9.17, 15) is 14.9 Å². The molecule has 1 aromatic carbocycles. The summed E-state index contributed by atoms with van der Waals surface area (Å²) in [5.41, 5.74) is 0.0674. The highest BCUT2D eigenvalue weighted by atomic mass is 16.5. The van der Waals surface area contributed by atoms with Crippen molar-refractivity contribution in [3.05, 3.63) is 29.3 Å². The van der Waals surface area contributed by atoms with Gasteiger partial charge in [-0.15, -0.1) is 0 Å². The molecule has 0 unspecified atom stereocenters. The van der Waals surface area contributed by atoms with E-state index in [1.807, 2.05) is 6.07 Å². The van der Waals surface area contributed by atoms with Crippen LogP contribution in [0.5, 0.6) is 11.5 Å². The third-order valence-electron chi connectivity index (χ3n) is 4.26. The molecule has 1 fully saturated rings. The van der Waals surface area contributed by atoms with Gasteiger partial charge >= 0.3 is 0 Å². The van der Waals surface area contributed by atoms with Crippen LogP contribution in [-0.2, 0) is 14.3 Å². The average molecular weight is 386 g/mol. The fourth-order valence-corrected chi connectivity index (χ4v) is 2.66. The lowest BCUT2D eigenvalue weighted by atomic mass is 9.86. The van der Waals surface area contributed by atoms with Crippen LogP contribution < -0.4 is 9.47 Å². The van der Waals surface area contributed by atoms with Crippen molar-refractivity contribution in [2.24, 2.45) is 5.41 Å². The number of carbonyl (C=O) groups excluding carboxylic acids is 2. The zero-order valence-electron chi connectivity index (χ0n) is 16.8. The summed E-state index contributed by atoms with van der Waals surface area (Å²) in [5.74, 6) is 0.494. The first-order valence-corrected chi connectivity index (χ1v) is 9.09. The number of carbonyl (C=O) groups is 2. The number of ether oxygens (including phenoxy) is 3. The molecule has 1 saturated heterocycles. The summed E-state index contributed by atoms with van der Waals surface area (Å²) < 4.78 is 16.2. The van der Waals surface area contributed by atoms with Crippen LogP contribution in [0.4, 0.5) is 0 Å². The van der Waals surface area contributed by atoms with Crippen molar-refractivity contribution in [2.75, 3.05) is 40.0 Å². The van der Waals surface area contributed by atoms with E-state index in [1.165, 1.54) is 13.2 Å².